The molecule has 4 fully saturated rings. The molecule has 4 aromatic carbocycles. The average Bonchev–Trinajstić information content (AvgIpc) is 1.65. The summed E-state index contributed by atoms with van der Waals surface area (Å²) in [5.74, 6) is -0.191. The van der Waals surface area contributed by atoms with Crippen molar-refractivity contribution >= 4 is 109 Å². The summed E-state index contributed by atoms with van der Waals surface area (Å²) in [5, 5.41) is 41.1. The lowest BCUT2D eigenvalue weighted by Crippen LogP contribution is -2.16. The van der Waals surface area contributed by atoms with Crippen molar-refractivity contribution in [2.24, 2.45) is 46.6 Å². The minimum absolute atomic E-state index is 0.254. The van der Waals surface area contributed by atoms with Gasteiger partial charge in [-0.2, -0.15) is 20.4 Å². The molecule has 0 spiro atoms. The van der Waals surface area contributed by atoms with E-state index in [9.17, 15) is 19.2 Å². The van der Waals surface area contributed by atoms with Crippen molar-refractivity contribution in [2.75, 3.05) is 52.7 Å². The van der Waals surface area contributed by atoms with E-state index in [1.165, 1.54) is 22.3 Å². The molecule has 20 nitrogen and oxygen atoms in total. The molecule has 4 atom stereocenters. The van der Waals surface area contributed by atoms with Gasteiger partial charge in [0.2, 0.25) is 0 Å². The first-order valence-electron chi connectivity index (χ1n) is 33.5. The van der Waals surface area contributed by atoms with Crippen LogP contribution in [0.3, 0.4) is 0 Å². The third-order valence-electron chi connectivity index (χ3n) is 18.6. The summed E-state index contributed by atoms with van der Waals surface area (Å²) in [4.78, 5) is 51.5. The second-order valence-corrected chi connectivity index (χ2v) is 30.4. The van der Waals surface area contributed by atoms with Crippen LogP contribution in [0.15, 0.2) is 121 Å². The average molecular weight is 1410 g/mol. The summed E-state index contributed by atoms with van der Waals surface area (Å²) in [6.07, 6.45) is 7.57. The van der Waals surface area contributed by atoms with E-state index in [1.54, 1.807) is 45.3 Å². The largest absolute Gasteiger partial charge is 0.381 e. The van der Waals surface area contributed by atoms with E-state index in [1.807, 2.05) is 0 Å². The zero-order valence-electron chi connectivity index (χ0n) is 56.0. The number of thiophene rings is 4. The highest BCUT2D eigenvalue weighted by atomic mass is 32.1. The van der Waals surface area contributed by atoms with Crippen LogP contribution in [0.4, 0.5) is 0 Å². The number of primary amides is 4. The van der Waals surface area contributed by atoms with Gasteiger partial charge in [0.05, 0.1) is 41.6 Å². The van der Waals surface area contributed by atoms with Gasteiger partial charge in [-0.25, -0.2) is 0 Å². The van der Waals surface area contributed by atoms with Gasteiger partial charge >= 0.3 is 0 Å². The number of ether oxygens (including phenoxy) is 3. The summed E-state index contributed by atoms with van der Waals surface area (Å²) < 4.78 is 19.7. The maximum absolute atomic E-state index is 11.8. The molecule has 16 rings (SSSR count). The highest BCUT2D eigenvalue weighted by molar-refractivity contribution is 7.23. The highest BCUT2D eigenvalue weighted by Crippen LogP contribution is 2.42. The molecule has 24 heteroatoms. The molecular weight excluding hydrogens is 1340 g/mol. The van der Waals surface area contributed by atoms with Gasteiger partial charge in [-0.1, -0.05) is 119 Å². The van der Waals surface area contributed by atoms with E-state index in [0.717, 1.165) is 209 Å². The second kappa shape index (κ2) is 31.1. The maximum atomic E-state index is 11.8. The van der Waals surface area contributed by atoms with Gasteiger partial charge in [0.25, 0.3) is 23.6 Å². The minimum atomic E-state index is -0.537. The first-order valence-corrected chi connectivity index (χ1v) is 36.8. The second-order valence-electron chi connectivity index (χ2n) is 26.2. The van der Waals surface area contributed by atoms with E-state index < -0.39 is 23.6 Å². The standard InChI is InChI=1S/C19H20N4OS.3C19H19N3O2S/c1-11-2-4-13(5-3-11)16-9-14-15(8-12-6-7-21-10-12)22-23-17(19(20)24)18(14)25-16;3*1-11-2-4-13(5-3-11)16-9-14-15(8-12-6-7-24-10-12)21-22-17(19(20)23)18(14)25-16/h2-5,9,12,21H,6-8,10H2,1H3,(H2,20,24);3*2-5,9,12H,6-8,10H2,1H3,(H2,20,23). The van der Waals surface area contributed by atoms with Crippen molar-refractivity contribution < 1.29 is 33.4 Å². The van der Waals surface area contributed by atoms with Crippen LogP contribution in [0.1, 0.15) is 113 Å². The number of nitrogens with two attached hydrogens (primary N) is 4. The van der Waals surface area contributed by atoms with Gasteiger partial charge in [0, 0.05) is 80.7 Å². The Hall–Kier alpha value is -9.24. The topological polar surface area (TPSA) is 315 Å². The number of rotatable bonds is 16. The molecule has 4 unspecified atom stereocenters. The molecule has 4 saturated heterocycles. The molecule has 0 saturated carbocycles. The van der Waals surface area contributed by atoms with E-state index in [-0.39, 0.29) is 22.8 Å². The Morgan fingerprint density at radius 3 is 0.830 bits per heavy atom. The fraction of sp³-hybridized carbons (Fsp3) is 0.316. The van der Waals surface area contributed by atoms with Crippen LogP contribution in [0.25, 0.3) is 82.1 Å². The highest BCUT2D eigenvalue weighted by Gasteiger charge is 2.27. The Morgan fingerprint density at radius 2 is 0.620 bits per heavy atom. The molecule has 0 aliphatic carbocycles. The van der Waals surface area contributed by atoms with Crippen molar-refractivity contribution in [3.63, 3.8) is 0 Å². The van der Waals surface area contributed by atoms with E-state index in [2.05, 4.69) is 195 Å². The molecule has 0 radical (unpaired) electrons. The van der Waals surface area contributed by atoms with Crippen molar-refractivity contribution in [2.45, 2.75) is 79.1 Å². The summed E-state index contributed by atoms with van der Waals surface area (Å²) in [7, 11) is 0. The summed E-state index contributed by atoms with van der Waals surface area (Å²) in [5.41, 5.74) is 36.2. The molecule has 4 aliphatic rings. The number of fused-ring (bicyclic) bond motifs is 4. The van der Waals surface area contributed by atoms with Gasteiger partial charge in [-0.15, -0.1) is 65.7 Å². The van der Waals surface area contributed by atoms with E-state index in [4.69, 9.17) is 37.1 Å². The minimum Gasteiger partial charge on any atom is -0.381 e. The fourth-order valence-electron chi connectivity index (χ4n) is 12.9. The van der Waals surface area contributed by atoms with Crippen LogP contribution in [-0.2, 0) is 39.9 Å². The number of nitrogens with zero attached hydrogens (tertiary/aromatic N) is 8. The summed E-state index contributed by atoms with van der Waals surface area (Å²) >= 11 is 6.21. The van der Waals surface area contributed by atoms with Gasteiger partial charge < -0.3 is 42.5 Å². The zero-order valence-corrected chi connectivity index (χ0v) is 59.3. The Kier molecular flexibility index (Phi) is 21.5. The van der Waals surface area contributed by atoms with Crippen LogP contribution in [0.2, 0.25) is 0 Å². The number of hydrogen-bond donors (Lipinski definition) is 5. The Bertz CT molecular complexity index is 4330. The molecule has 4 amide bonds. The van der Waals surface area contributed by atoms with E-state index in [0.29, 0.717) is 23.7 Å². The molecule has 12 heterocycles. The molecule has 100 heavy (non-hydrogen) atoms. The van der Waals surface area contributed by atoms with Crippen LogP contribution in [-0.4, -0.2) is 117 Å². The van der Waals surface area contributed by atoms with Crippen molar-refractivity contribution in [3.8, 4) is 41.8 Å². The number of hydrogen-bond acceptors (Lipinski definition) is 20. The molecular formula is C76H77N13O7S4. The Labute approximate surface area is 594 Å². The van der Waals surface area contributed by atoms with Crippen molar-refractivity contribution in [1.82, 2.24) is 46.1 Å². The quantitative estimate of drug-likeness (QED) is 0.0600. The van der Waals surface area contributed by atoms with Crippen LogP contribution < -0.4 is 28.3 Å². The lowest BCUT2D eigenvalue weighted by Gasteiger charge is -2.08. The molecule has 0 bridgehead atoms. The summed E-state index contributed by atoms with van der Waals surface area (Å²) in [6, 6.07) is 41.9. The number of aryl methyl sites for hydroxylation is 4. The van der Waals surface area contributed by atoms with Gasteiger partial charge in [0.15, 0.2) is 22.8 Å². The third kappa shape index (κ3) is 16.0. The molecule has 8 aromatic heterocycles. The monoisotopic (exact) mass is 1410 g/mol. The zero-order chi connectivity index (χ0) is 69.6. The van der Waals surface area contributed by atoms with Gasteiger partial charge in [-0.3, -0.25) is 19.2 Å². The maximum Gasteiger partial charge on any atom is 0.270 e. The predicted molar refractivity (Wildman–Crippen MR) is 397 cm³/mol. The fourth-order valence-corrected chi connectivity index (χ4v) is 17.6. The number of amides is 4. The normalized spacial score (nSPS) is 17.2. The summed E-state index contributed by atoms with van der Waals surface area (Å²) in [6.45, 7) is 15.0. The number of benzene rings is 4. The SMILES string of the molecule is Cc1ccc(-c2cc3c(CC4CCNC4)nnc(C(N)=O)c3s2)cc1.Cc1ccc(-c2cc3c(CC4CCOC4)nnc(C(N)=O)c3s2)cc1.Cc1ccc(-c2cc3c(CC4CCOC4)nnc(C(N)=O)c3s2)cc1.Cc1ccc(-c2cc3c(CC4CCOC4)nnc(C(N)=O)c3s2)cc1. The first-order chi connectivity index (χ1) is 48.5. The van der Waals surface area contributed by atoms with Crippen molar-refractivity contribution in [1.29, 1.82) is 0 Å². The van der Waals surface area contributed by atoms with Gasteiger partial charge in [0.1, 0.15) is 0 Å². The predicted octanol–water partition coefficient (Wildman–Crippen LogP) is 13.0. The molecule has 12 aromatic rings. The first kappa shape index (κ1) is 69.2. The molecule has 512 valence electrons. The Balaban J connectivity index is 0.000000119. The van der Waals surface area contributed by atoms with Crippen LogP contribution >= 0.6 is 45.3 Å². The third-order valence-corrected chi connectivity index (χ3v) is 23.3. The van der Waals surface area contributed by atoms with E-state index >= 15 is 0 Å². The molecule has 4 aliphatic heterocycles. The van der Waals surface area contributed by atoms with Gasteiger partial charge in [-0.05, 0) is 162 Å². The Morgan fingerprint density at radius 1 is 0.370 bits per heavy atom. The lowest BCUT2D eigenvalue weighted by atomic mass is 10.00. The molecule has 9 N–H and O–H groups in total. The smallest absolute Gasteiger partial charge is 0.270 e. The number of carbonyl (C=O) groups excluding carboxylic acids is 4. The number of aromatic nitrogens is 8. The van der Waals surface area contributed by atoms with Crippen LogP contribution in [0.5, 0.6) is 0 Å². The number of nitrogens with one attached hydrogen (secondary N) is 1. The lowest BCUT2D eigenvalue weighted by molar-refractivity contribution is 0.0988. The number of carbonyl (C=O) groups is 4. The van der Waals surface area contributed by atoms with Crippen LogP contribution in [0, 0.1) is 51.4 Å². The van der Waals surface area contributed by atoms with Crippen molar-refractivity contribution in [3.05, 3.63) is 189 Å².